The lowest BCUT2D eigenvalue weighted by molar-refractivity contribution is -0.136. The molecule has 0 atom stereocenters. The quantitative estimate of drug-likeness (QED) is 0.921. The molecule has 0 saturated carbocycles. The zero-order valence-electron chi connectivity index (χ0n) is 11.6. The predicted molar refractivity (Wildman–Crippen MR) is 79.9 cm³/mol. The number of hydrogen-bond acceptors (Lipinski definition) is 3. The Kier molecular flexibility index (Phi) is 4.43. The third-order valence-corrected chi connectivity index (χ3v) is 4.78. The van der Waals surface area contributed by atoms with Crippen LogP contribution in [0.1, 0.15) is 16.7 Å². The zero-order valence-corrected chi connectivity index (χ0v) is 12.4. The number of aliphatic carboxylic acids is 1. The van der Waals surface area contributed by atoms with Gasteiger partial charge in [0.15, 0.2) is 9.84 Å². The van der Waals surface area contributed by atoms with E-state index in [1.165, 1.54) is 24.3 Å². The maximum absolute atomic E-state index is 12.3. The van der Waals surface area contributed by atoms with Gasteiger partial charge in [-0.15, -0.1) is 0 Å². The summed E-state index contributed by atoms with van der Waals surface area (Å²) >= 11 is 0. The highest BCUT2D eigenvalue weighted by Crippen LogP contribution is 2.18. The van der Waals surface area contributed by atoms with Crippen LogP contribution in [0.5, 0.6) is 0 Å². The van der Waals surface area contributed by atoms with Crippen molar-refractivity contribution in [1.82, 2.24) is 0 Å². The standard InChI is InChI=1S/C16H16O4S/c1-12-3-2-4-14(9-12)11-21(19,20)15-7-5-13(6-8-15)10-16(17)18/h2-9H,10-11H2,1H3,(H,17,18). The van der Waals surface area contributed by atoms with Gasteiger partial charge in [0.25, 0.3) is 0 Å². The van der Waals surface area contributed by atoms with E-state index in [1.54, 1.807) is 6.07 Å². The Hall–Kier alpha value is -2.14. The minimum absolute atomic E-state index is 0.0625. The molecule has 0 fully saturated rings. The van der Waals surface area contributed by atoms with Crippen LogP contribution < -0.4 is 0 Å². The van der Waals surface area contributed by atoms with Crippen molar-refractivity contribution in [2.24, 2.45) is 0 Å². The number of benzene rings is 2. The van der Waals surface area contributed by atoms with Gasteiger partial charge < -0.3 is 5.11 Å². The Morgan fingerprint density at radius 2 is 1.71 bits per heavy atom. The van der Waals surface area contributed by atoms with Crippen molar-refractivity contribution in [3.8, 4) is 0 Å². The molecule has 0 spiro atoms. The minimum Gasteiger partial charge on any atom is -0.481 e. The van der Waals surface area contributed by atoms with Gasteiger partial charge >= 0.3 is 5.97 Å². The van der Waals surface area contributed by atoms with Gasteiger partial charge in [0.05, 0.1) is 17.1 Å². The fourth-order valence-corrected chi connectivity index (χ4v) is 3.43. The molecule has 4 nitrogen and oxygen atoms in total. The average Bonchev–Trinajstić information content (AvgIpc) is 2.38. The zero-order chi connectivity index (χ0) is 15.5. The summed E-state index contributed by atoms with van der Waals surface area (Å²) in [4.78, 5) is 10.8. The Bertz CT molecular complexity index is 746. The molecular weight excluding hydrogens is 288 g/mol. The van der Waals surface area contributed by atoms with Gasteiger partial charge in [-0.05, 0) is 30.2 Å². The summed E-state index contributed by atoms with van der Waals surface area (Å²) in [6.07, 6.45) is -0.113. The summed E-state index contributed by atoms with van der Waals surface area (Å²) < 4.78 is 24.7. The van der Waals surface area contributed by atoms with E-state index in [2.05, 4.69) is 0 Å². The van der Waals surface area contributed by atoms with Gasteiger partial charge in [-0.1, -0.05) is 42.0 Å². The third-order valence-electron chi connectivity index (χ3n) is 3.08. The monoisotopic (exact) mass is 304 g/mol. The fraction of sp³-hybridized carbons (Fsp3) is 0.188. The van der Waals surface area contributed by atoms with E-state index in [0.29, 0.717) is 5.56 Å². The molecule has 1 N–H and O–H groups in total. The molecular formula is C16H16O4S. The summed E-state index contributed by atoms with van der Waals surface area (Å²) in [7, 11) is -3.42. The number of rotatable bonds is 5. The first-order chi connectivity index (χ1) is 9.87. The molecule has 5 heteroatoms. The van der Waals surface area contributed by atoms with Crippen LogP contribution in [0.3, 0.4) is 0 Å². The van der Waals surface area contributed by atoms with Crippen molar-refractivity contribution in [2.75, 3.05) is 0 Å². The van der Waals surface area contributed by atoms with Gasteiger partial charge in [0.1, 0.15) is 0 Å². The summed E-state index contributed by atoms with van der Waals surface area (Å²) in [6, 6.07) is 13.4. The number of carboxylic acid groups (broad SMARTS) is 1. The molecule has 2 aromatic carbocycles. The second kappa shape index (κ2) is 6.10. The molecule has 2 rings (SSSR count). The van der Waals surface area contributed by atoms with Crippen molar-refractivity contribution in [1.29, 1.82) is 0 Å². The number of hydrogen-bond donors (Lipinski definition) is 1. The van der Waals surface area contributed by atoms with Crippen molar-refractivity contribution >= 4 is 15.8 Å². The molecule has 0 amide bonds. The molecule has 0 aliphatic heterocycles. The normalized spacial score (nSPS) is 11.3. The van der Waals surface area contributed by atoms with Gasteiger partial charge in [0, 0.05) is 0 Å². The molecule has 110 valence electrons. The molecule has 0 aliphatic rings. The molecule has 0 unspecified atom stereocenters. The molecule has 21 heavy (non-hydrogen) atoms. The van der Waals surface area contributed by atoms with Crippen LogP contribution >= 0.6 is 0 Å². The summed E-state index contributed by atoms with van der Waals surface area (Å²) in [5, 5.41) is 8.70. The second-order valence-electron chi connectivity index (χ2n) is 4.96. The lowest BCUT2D eigenvalue weighted by Gasteiger charge is -2.06. The first kappa shape index (κ1) is 15.3. The average molecular weight is 304 g/mol. The number of carbonyl (C=O) groups is 1. The molecule has 0 bridgehead atoms. The molecule has 0 radical (unpaired) electrons. The minimum atomic E-state index is -3.42. The maximum Gasteiger partial charge on any atom is 0.307 e. The molecule has 2 aromatic rings. The number of aryl methyl sites for hydroxylation is 1. The lowest BCUT2D eigenvalue weighted by Crippen LogP contribution is -2.06. The molecule has 0 aromatic heterocycles. The van der Waals surface area contributed by atoms with Gasteiger partial charge in [0.2, 0.25) is 0 Å². The van der Waals surface area contributed by atoms with Gasteiger partial charge in [-0.2, -0.15) is 0 Å². The van der Waals surface area contributed by atoms with Crippen LogP contribution in [0.2, 0.25) is 0 Å². The smallest absolute Gasteiger partial charge is 0.307 e. The molecule has 0 aliphatic carbocycles. The van der Waals surface area contributed by atoms with E-state index in [1.807, 2.05) is 25.1 Å². The largest absolute Gasteiger partial charge is 0.481 e. The molecule has 0 saturated heterocycles. The Balaban J connectivity index is 2.21. The SMILES string of the molecule is Cc1cccc(CS(=O)(=O)c2ccc(CC(=O)O)cc2)c1. The first-order valence-electron chi connectivity index (χ1n) is 6.46. The van der Waals surface area contributed by atoms with Crippen LogP contribution in [0.25, 0.3) is 0 Å². The maximum atomic E-state index is 12.3. The van der Waals surface area contributed by atoms with Crippen LogP contribution in [-0.2, 0) is 26.8 Å². The van der Waals surface area contributed by atoms with E-state index in [-0.39, 0.29) is 17.1 Å². The highest BCUT2D eigenvalue weighted by atomic mass is 32.2. The predicted octanol–water partition coefficient (Wildman–Crippen LogP) is 2.60. The van der Waals surface area contributed by atoms with Crippen LogP contribution in [0.4, 0.5) is 0 Å². The van der Waals surface area contributed by atoms with Crippen LogP contribution in [0.15, 0.2) is 53.4 Å². The van der Waals surface area contributed by atoms with E-state index < -0.39 is 15.8 Å². The van der Waals surface area contributed by atoms with Crippen molar-refractivity contribution in [2.45, 2.75) is 24.0 Å². The highest BCUT2D eigenvalue weighted by Gasteiger charge is 2.15. The molecule has 0 heterocycles. The van der Waals surface area contributed by atoms with E-state index in [4.69, 9.17) is 5.11 Å². The van der Waals surface area contributed by atoms with E-state index >= 15 is 0 Å². The van der Waals surface area contributed by atoms with E-state index in [9.17, 15) is 13.2 Å². The second-order valence-corrected chi connectivity index (χ2v) is 6.95. The highest BCUT2D eigenvalue weighted by molar-refractivity contribution is 7.90. The number of sulfone groups is 1. The summed E-state index contributed by atoms with van der Waals surface area (Å²) in [6.45, 7) is 1.91. The summed E-state index contributed by atoms with van der Waals surface area (Å²) in [5.74, 6) is -1.00. The van der Waals surface area contributed by atoms with Crippen LogP contribution in [-0.4, -0.2) is 19.5 Å². The Morgan fingerprint density at radius 1 is 1.05 bits per heavy atom. The van der Waals surface area contributed by atoms with Gasteiger partial charge in [-0.25, -0.2) is 8.42 Å². The van der Waals surface area contributed by atoms with Crippen molar-refractivity contribution in [3.63, 3.8) is 0 Å². The Morgan fingerprint density at radius 3 is 2.29 bits per heavy atom. The van der Waals surface area contributed by atoms with Gasteiger partial charge in [-0.3, -0.25) is 4.79 Å². The van der Waals surface area contributed by atoms with Crippen molar-refractivity contribution < 1.29 is 18.3 Å². The topological polar surface area (TPSA) is 71.4 Å². The third kappa shape index (κ3) is 4.16. The number of carboxylic acids is 1. The van der Waals surface area contributed by atoms with Crippen molar-refractivity contribution in [3.05, 3.63) is 65.2 Å². The lowest BCUT2D eigenvalue weighted by atomic mass is 10.2. The fourth-order valence-electron chi connectivity index (χ4n) is 2.09. The van der Waals surface area contributed by atoms with Crippen LogP contribution in [0, 0.1) is 6.92 Å². The van der Waals surface area contributed by atoms with E-state index in [0.717, 1.165) is 11.1 Å². The first-order valence-corrected chi connectivity index (χ1v) is 8.11. The Labute approximate surface area is 124 Å². The summed E-state index contributed by atoms with van der Waals surface area (Å²) in [5.41, 5.74) is 2.33.